The minimum absolute atomic E-state index is 2.04. The molecule has 0 rings (SSSR count). The van der Waals surface area contributed by atoms with Crippen molar-refractivity contribution in [1.82, 2.24) is 0 Å². The molecule has 0 saturated carbocycles. The summed E-state index contributed by atoms with van der Waals surface area (Å²) in [5.74, 6) is -13.6. The molecular weight excluding hydrogens is 440 g/mol. The first-order chi connectivity index (χ1) is 11.5. The van der Waals surface area contributed by atoms with Gasteiger partial charge in [-0.15, -0.1) is 0 Å². The zero-order chi connectivity index (χ0) is 22.3. The minimum atomic E-state index is -7.17. The number of hydrogen-bond donors (Lipinski definition) is 0. The monoisotopic (exact) mass is 446 g/mol. The Morgan fingerprint density at radius 3 is 0.852 bits per heavy atom. The van der Waals surface area contributed by atoms with Crippen molar-refractivity contribution < 1.29 is 75.0 Å². The third-order valence-corrected chi connectivity index (χ3v) is 2.70. The lowest BCUT2D eigenvalue weighted by Crippen LogP contribution is -2.63. The summed E-state index contributed by atoms with van der Waals surface area (Å²) in [6.45, 7) is 0. The number of rotatable bonds is 6. The van der Waals surface area contributed by atoms with Crippen molar-refractivity contribution in [2.45, 2.75) is 61.6 Å². The van der Waals surface area contributed by atoms with E-state index < -0.39 is 61.6 Å². The summed E-state index contributed by atoms with van der Waals surface area (Å²) in [5, 5.41) is 0. The van der Waals surface area contributed by atoms with E-state index >= 15 is 0 Å². The van der Waals surface area contributed by atoms with Gasteiger partial charge in [0, 0.05) is 0 Å². The van der Waals surface area contributed by atoms with Crippen molar-refractivity contribution >= 4 is 0 Å². The van der Waals surface area contributed by atoms with E-state index in [0.29, 0.717) is 0 Å². The molecule has 4 unspecified atom stereocenters. The molecule has 0 saturated heterocycles. The third kappa shape index (κ3) is 6.44. The van der Waals surface area contributed by atoms with Crippen LogP contribution in [0.5, 0.6) is 0 Å². The molecule has 0 aromatic carbocycles. The maximum Gasteiger partial charge on any atom is 0.451 e. The van der Waals surface area contributed by atoms with Crippen molar-refractivity contribution in [3.63, 3.8) is 0 Å². The van der Waals surface area contributed by atoms with Crippen LogP contribution in [0.25, 0.3) is 0 Å². The van der Waals surface area contributed by atoms with Gasteiger partial charge in [0.15, 0.2) is 12.3 Å². The molecule has 17 heteroatoms. The van der Waals surface area contributed by atoms with Crippen molar-refractivity contribution in [2.75, 3.05) is 0 Å². The van der Waals surface area contributed by atoms with E-state index in [-0.39, 0.29) is 0 Å². The van der Waals surface area contributed by atoms with Crippen molar-refractivity contribution in [2.24, 2.45) is 0 Å². The van der Waals surface area contributed by atoms with Crippen LogP contribution >= 0.6 is 0 Å². The third-order valence-electron chi connectivity index (χ3n) is 2.70. The maximum absolute atomic E-state index is 13.6. The summed E-state index contributed by atoms with van der Waals surface area (Å²) in [7, 11) is 0. The summed E-state index contributed by atoms with van der Waals surface area (Å²) in [6.07, 6.45) is -43.6. The van der Waals surface area contributed by atoms with Crippen molar-refractivity contribution in [3.8, 4) is 0 Å². The first-order valence-electron chi connectivity index (χ1n) is 6.09. The van der Waals surface area contributed by atoms with E-state index in [4.69, 9.17) is 0 Å². The average Bonchev–Trinajstić information content (AvgIpc) is 2.31. The molecule has 0 aliphatic carbocycles. The second-order valence-electron chi connectivity index (χ2n) is 4.96. The second-order valence-corrected chi connectivity index (χ2v) is 4.96. The van der Waals surface area contributed by atoms with Gasteiger partial charge in [-0.05, 0) is 0 Å². The van der Waals surface area contributed by atoms with E-state index in [1.807, 2.05) is 4.74 Å². The van der Waals surface area contributed by atoms with Gasteiger partial charge in [-0.3, -0.25) is 4.74 Å². The molecule has 0 aromatic rings. The fraction of sp³-hybridized carbons (Fsp3) is 1.00. The molecule has 0 N–H and O–H groups in total. The highest BCUT2D eigenvalue weighted by Gasteiger charge is 2.75. The van der Waals surface area contributed by atoms with Crippen molar-refractivity contribution in [3.05, 3.63) is 0 Å². The van der Waals surface area contributed by atoms with Gasteiger partial charge in [0.25, 0.3) is 0 Å². The Bertz CT molecular complexity index is 443. The summed E-state index contributed by atoms with van der Waals surface area (Å²) in [5.41, 5.74) is 0. The van der Waals surface area contributed by atoms with Crippen LogP contribution in [0.4, 0.5) is 70.2 Å². The second kappa shape index (κ2) is 7.35. The van der Waals surface area contributed by atoms with Crippen LogP contribution in [-0.4, -0.2) is 48.8 Å². The molecule has 27 heavy (non-hydrogen) atoms. The number of alkyl halides is 16. The first-order valence-corrected chi connectivity index (χ1v) is 6.09. The highest BCUT2D eigenvalue weighted by molar-refractivity contribution is 4.95. The largest absolute Gasteiger partial charge is 0.451 e. The quantitative estimate of drug-likeness (QED) is 0.453. The Hall–Kier alpha value is -1.16. The Kier molecular flexibility index (Phi) is 7.03. The summed E-state index contributed by atoms with van der Waals surface area (Å²) >= 11 is 0. The molecule has 0 aromatic heterocycles. The molecule has 0 heterocycles. The van der Waals surface area contributed by atoms with Gasteiger partial charge in [0.1, 0.15) is 0 Å². The molecular formula is C10H6F16O. The van der Waals surface area contributed by atoms with Crippen LogP contribution in [0.3, 0.4) is 0 Å². The van der Waals surface area contributed by atoms with Gasteiger partial charge in [-0.2, -0.15) is 61.5 Å². The van der Waals surface area contributed by atoms with E-state index in [1.165, 1.54) is 0 Å². The molecule has 0 spiro atoms. The van der Waals surface area contributed by atoms with Crippen LogP contribution in [0.15, 0.2) is 0 Å². The van der Waals surface area contributed by atoms with E-state index in [0.717, 1.165) is 0 Å². The molecule has 0 fully saturated rings. The molecule has 4 atom stereocenters. The Morgan fingerprint density at radius 2 is 0.704 bits per heavy atom. The van der Waals surface area contributed by atoms with Gasteiger partial charge in [0.05, 0.1) is 12.8 Å². The number of halogens is 16. The lowest BCUT2D eigenvalue weighted by molar-refractivity contribution is -0.459. The highest BCUT2D eigenvalue weighted by Crippen LogP contribution is 2.51. The topological polar surface area (TPSA) is 9.23 Å². The van der Waals surface area contributed by atoms with Crippen LogP contribution < -0.4 is 0 Å². The summed E-state index contributed by atoms with van der Waals surface area (Å²) in [4.78, 5) is 0. The predicted molar refractivity (Wildman–Crippen MR) is 52.0 cm³/mol. The average molecular weight is 446 g/mol. The molecule has 1 nitrogen and oxygen atoms in total. The molecule has 0 aliphatic rings. The summed E-state index contributed by atoms with van der Waals surface area (Å²) in [6, 6.07) is 0. The normalized spacial score (nSPS) is 21.3. The smallest absolute Gasteiger partial charge is 0.289 e. The molecule has 164 valence electrons. The Morgan fingerprint density at radius 1 is 0.481 bits per heavy atom. The first kappa shape index (κ1) is 25.8. The fourth-order valence-electron chi connectivity index (χ4n) is 1.48. The van der Waals surface area contributed by atoms with E-state index in [2.05, 4.69) is 0 Å². The van der Waals surface area contributed by atoms with Crippen LogP contribution in [0, 0.1) is 0 Å². The molecule has 0 aliphatic heterocycles. The maximum atomic E-state index is 13.6. The van der Waals surface area contributed by atoms with Gasteiger partial charge in [-0.25, -0.2) is 8.78 Å². The van der Waals surface area contributed by atoms with Gasteiger partial charge in [0.2, 0.25) is 0 Å². The number of ether oxygens (including phenoxy) is 1. The minimum Gasteiger partial charge on any atom is -0.289 e. The zero-order valence-electron chi connectivity index (χ0n) is 12.0. The van der Waals surface area contributed by atoms with Gasteiger partial charge < -0.3 is 0 Å². The highest BCUT2D eigenvalue weighted by atomic mass is 19.4. The van der Waals surface area contributed by atoms with Crippen molar-refractivity contribution in [1.29, 1.82) is 0 Å². The lowest BCUT2D eigenvalue weighted by atomic mass is 10.0. The van der Waals surface area contributed by atoms with Gasteiger partial charge in [-0.1, -0.05) is 0 Å². The molecule has 0 amide bonds. The zero-order valence-corrected chi connectivity index (χ0v) is 12.0. The van der Waals surface area contributed by atoms with Gasteiger partial charge >= 0.3 is 36.4 Å². The van der Waals surface area contributed by atoms with Crippen LogP contribution in [0.2, 0.25) is 0 Å². The Labute approximate surface area is 138 Å². The van der Waals surface area contributed by atoms with Crippen LogP contribution in [0.1, 0.15) is 12.8 Å². The fourth-order valence-corrected chi connectivity index (χ4v) is 1.48. The van der Waals surface area contributed by atoms with E-state index in [9.17, 15) is 70.2 Å². The predicted octanol–water partition coefficient (Wildman–Crippen LogP) is 6.04. The van der Waals surface area contributed by atoms with Crippen LogP contribution in [-0.2, 0) is 4.74 Å². The number of hydrogen-bond acceptors (Lipinski definition) is 1. The molecule has 0 radical (unpaired) electrons. The summed E-state index contributed by atoms with van der Waals surface area (Å²) < 4.78 is 202. The Balaban J connectivity index is 6.19. The standard InChI is InChI=1S/C10H6F16O/c11-3(1-5(13,14)15)7(19,9(21,22)23)27-8(20,10(24,25)26)4(12)2-6(16,17)18/h3-4H,1-2H2. The SMILES string of the molecule is FC(CC(F)(F)F)C(F)(OC(F)(C(F)CC(F)(F)F)C(F)(F)F)C(F)(F)F. The lowest BCUT2D eigenvalue weighted by Gasteiger charge is -2.39. The van der Waals surface area contributed by atoms with E-state index in [1.54, 1.807) is 0 Å². The molecule has 0 bridgehead atoms.